The molecule has 0 aliphatic heterocycles. The zero-order valence-corrected chi connectivity index (χ0v) is 15.6. The molecule has 2 aromatic carbocycles. The maximum absolute atomic E-state index is 12.4. The molecule has 0 aliphatic rings. The van der Waals surface area contributed by atoms with Gasteiger partial charge in [0.25, 0.3) is 5.56 Å². The van der Waals surface area contributed by atoms with Gasteiger partial charge in [-0.15, -0.1) is 0 Å². The van der Waals surface area contributed by atoms with Gasteiger partial charge in [0.05, 0.1) is 6.04 Å². The number of aromatic hydroxyl groups is 1. The Hall–Kier alpha value is -3.12. The molecule has 6 nitrogen and oxygen atoms in total. The van der Waals surface area contributed by atoms with Gasteiger partial charge in [-0.3, -0.25) is 18.9 Å². The molecule has 1 aromatic heterocycles. The lowest BCUT2D eigenvalue weighted by atomic mass is 9.99. The third kappa shape index (κ3) is 3.71. The molecule has 1 unspecified atom stereocenters. The predicted molar refractivity (Wildman–Crippen MR) is 106 cm³/mol. The standard InChI is InChI=1S/C20H18ClN3O3/c1-23-18(25)16(19(26)24(2)20(23)27)12-22-17(13-6-4-3-5-7-13)14-8-10-15(21)11-9-14/h3-12,17,25H,1-2H3. The number of halogens is 1. The summed E-state index contributed by atoms with van der Waals surface area (Å²) >= 11 is 5.98. The normalized spacial score (nSPS) is 12.4. The van der Waals surface area contributed by atoms with Crippen LogP contribution < -0.4 is 11.2 Å². The topological polar surface area (TPSA) is 76.6 Å². The molecule has 0 fully saturated rings. The smallest absolute Gasteiger partial charge is 0.333 e. The second-order valence-corrected chi connectivity index (χ2v) is 6.52. The Balaban J connectivity index is 2.12. The molecule has 0 saturated carbocycles. The van der Waals surface area contributed by atoms with Gasteiger partial charge >= 0.3 is 5.69 Å². The second-order valence-electron chi connectivity index (χ2n) is 6.09. The number of aromatic nitrogens is 2. The maximum atomic E-state index is 12.4. The Kier molecular flexibility index (Phi) is 5.28. The number of rotatable bonds is 4. The molecule has 138 valence electrons. The largest absolute Gasteiger partial charge is 0.494 e. The molecule has 7 heteroatoms. The molecule has 1 atom stereocenters. The maximum Gasteiger partial charge on any atom is 0.333 e. The fourth-order valence-electron chi connectivity index (χ4n) is 2.77. The predicted octanol–water partition coefficient (Wildman–Crippen LogP) is 2.65. The highest BCUT2D eigenvalue weighted by atomic mass is 35.5. The van der Waals surface area contributed by atoms with Crippen molar-refractivity contribution < 1.29 is 5.11 Å². The third-order valence-electron chi connectivity index (χ3n) is 4.32. The molecule has 0 saturated heterocycles. The van der Waals surface area contributed by atoms with E-state index in [9.17, 15) is 14.7 Å². The highest BCUT2D eigenvalue weighted by Crippen LogP contribution is 2.27. The summed E-state index contributed by atoms with van der Waals surface area (Å²) in [6.07, 6.45) is 1.31. The average Bonchev–Trinajstić information content (AvgIpc) is 2.69. The summed E-state index contributed by atoms with van der Waals surface area (Å²) in [5.41, 5.74) is 0.531. The van der Waals surface area contributed by atoms with Crippen molar-refractivity contribution in [3.63, 3.8) is 0 Å². The lowest BCUT2D eigenvalue weighted by Crippen LogP contribution is -2.38. The molecular weight excluding hydrogens is 366 g/mol. The van der Waals surface area contributed by atoms with E-state index in [2.05, 4.69) is 4.99 Å². The Bertz CT molecular complexity index is 1100. The van der Waals surface area contributed by atoms with Crippen molar-refractivity contribution in [2.75, 3.05) is 0 Å². The lowest BCUT2D eigenvalue weighted by Gasteiger charge is -2.14. The molecule has 1 N–H and O–H groups in total. The minimum atomic E-state index is -0.609. The molecule has 3 rings (SSSR count). The molecule has 0 radical (unpaired) electrons. The van der Waals surface area contributed by atoms with E-state index in [-0.39, 0.29) is 5.56 Å². The van der Waals surface area contributed by atoms with Gasteiger partial charge in [0.1, 0.15) is 5.56 Å². The van der Waals surface area contributed by atoms with E-state index >= 15 is 0 Å². The molecular formula is C20H18ClN3O3. The van der Waals surface area contributed by atoms with Gasteiger partial charge in [0.15, 0.2) is 0 Å². The number of benzene rings is 2. The van der Waals surface area contributed by atoms with Crippen molar-refractivity contribution >= 4 is 17.8 Å². The van der Waals surface area contributed by atoms with Crippen molar-refractivity contribution in [1.29, 1.82) is 0 Å². The highest BCUT2D eigenvalue weighted by molar-refractivity contribution is 6.30. The van der Waals surface area contributed by atoms with E-state index in [0.29, 0.717) is 5.02 Å². The van der Waals surface area contributed by atoms with Crippen LogP contribution in [0.5, 0.6) is 5.88 Å². The van der Waals surface area contributed by atoms with Crippen molar-refractivity contribution in [2.24, 2.45) is 19.1 Å². The van der Waals surface area contributed by atoms with Crippen molar-refractivity contribution in [3.05, 3.63) is 97.1 Å². The SMILES string of the molecule is Cn1c(O)c(C=NC(c2ccccc2)c2ccc(Cl)cc2)c(=O)n(C)c1=O. The summed E-state index contributed by atoms with van der Waals surface area (Å²) in [6.45, 7) is 0. The van der Waals surface area contributed by atoms with Crippen LogP contribution in [0.4, 0.5) is 0 Å². The van der Waals surface area contributed by atoms with Crippen LogP contribution in [0.1, 0.15) is 22.7 Å². The van der Waals surface area contributed by atoms with Crippen molar-refractivity contribution in [1.82, 2.24) is 9.13 Å². The summed E-state index contributed by atoms with van der Waals surface area (Å²) < 4.78 is 1.93. The Morgan fingerprint density at radius 1 is 0.963 bits per heavy atom. The summed E-state index contributed by atoms with van der Waals surface area (Å²) in [5, 5.41) is 10.8. The minimum Gasteiger partial charge on any atom is -0.494 e. The van der Waals surface area contributed by atoms with Crippen LogP contribution in [0.15, 0.2) is 69.2 Å². The van der Waals surface area contributed by atoms with Gasteiger partial charge in [-0.05, 0) is 23.3 Å². The zero-order valence-electron chi connectivity index (χ0n) is 14.8. The van der Waals surface area contributed by atoms with Crippen molar-refractivity contribution in [3.8, 4) is 5.88 Å². The highest BCUT2D eigenvalue weighted by Gasteiger charge is 2.16. The van der Waals surface area contributed by atoms with Gasteiger partial charge in [0, 0.05) is 25.3 Å². The first kappa shape index (κ1) is 18.7. The van der Waals surface area contributed by atoms with E-state index < -0.39 is 23.2 Å². The summed E-state index contributed by atoms with van der Waals surface area (Å²) in [7, 11) is 2.75. The Morgan fingerprint density at radius 3 is 2.19 bits per heavy atom. The van der Waals surface area contributed by atoms with E-state index in [1.165, 1.54) is 20.3 Å². The summed E-state index contributed by atoms with van der Waals surface area (Å²) in [5.74, 6) is -0.422. The third-order valence-corrected chi connectivity index (χ3v) is 4.57. The molecule has 0 spiro atoms. The summed E-state index contributed by atoms with van der Waals surface area (Å²) in [4.78, 5) is 28.8. The van der Waals surface area contributed by atoms with Crippen LogP contribution in [-0.4, -0.2) is 20.5 Å². The van der Waals surface area contributed by atoms with Crippen LogP contribution in [0.25, 0.3) is 0 Å². The second kappa shape index (κ2) is 7.63. The molecule has 0 aliphatic carbocycles. The number of aliphatic imine (C=N–C) groups is 1. The molecule has 0 bridgehead atoms. The van der Waals surface area contributed by atoms with Crippen LogP contribution in [-0.2, 0) is 14.1 Å². The van der Waals surface area contributed by atoms with E-state index in [4.69, 9.17) is 11.6 Å². The van der Waals surface area contributed by atoms with Gasteiger partial charge in [0.2, 0.25) is 5.88 Å². The fourth-order valence-corrected chi connectivity index (χ4v) is 2.89. The van der Waals surface area contributed by atoms with Gasteiger partial charge in [-0.1, -0.05) is 54.1 Å². The first-order valence-corrected chi connectivity index (χ1v) is 8.60. The van der Waals surface area contributed by atoms with Gasteiger partial charge < -0.3 is 5.11 Å². The average molecular weight is 384 g/mol. The number of hydrogen-bond acceptors (Lipinski definition) is 4. The quantitative estimate of drug-likeness (QED) is 0.703. The van der Waals surface area contributed by atoms with Crippen LogP contribution in [0.3, 0.4) is 0 Å². The van der Waals surface area contributed by atoms with Gasteiger partial charge in [-0.2, -0.15) is 0 Å². The van der Waals surface area contributed by atoms with Gasteiger partial charge in [-0.25, -0.2) is 4.79 Å². The first-order chi connectivity index (χ1) is 12.9. The van der Waals surface area contributed by atoms with Crippen LogP contribution in [0.2, 0.25) is 5.02 Å². The molecule has 0 amide bonds. The fraction of sp³-hybridized carbons (Fsp3) is 0.150. The van der Waals surface area contributed by atoms with Crippen LogP contribution >= 0.6 is 11.6 Å². The zero-order chi connectivity index (χ0) is 19.6. The monoisotopic (exact) mass is 383 g/mol. The number of nitrogens with zero attached hydrogens (tertiary/aromatic N) is 3. The summed E-state index contributed by atoms with van der Waals surface area (Å²) in [6, 6.07) is 16.4. The first-order valence-electron chi connectivity index (χ1n) is 8.22. The van der Waals surface area contributed by atoms with E-state index in [0.717, 1.165) is 20.3 Å². The molecule has 27 heavy (non-hydrogen) atoms. The Morgan fingerprint density at radius 2 is 1.56 bits per heavy atom. The number of hydrogen-bond donors (Lipinski definition) is 1. The minimum absolute atomic E-state index is 0.0468. The van der Waals surface area contributed by atoms with Crippen molar-refractivity contribution in [2.45, 2.75) is 6.04 Å². The molecule has 1 heterocycles. The van der Waals surface area contributed by atoms with E-state index in [1.807, 2.05) is 42.5 Å². The Labute approximate surface area is 160 Å². The van der Waals surface area contributed by atoms with E-state index in [1.54, 1.807) is 12.1 Å². The molecule has 3 aromatic rings. The lowest BCUT2D eigenvalue weighted by molar-refractivity contribution is 0.410. The van der Waals surface area contributed by atoms with Crippen LogP contribution in [0, 0.1) is 0 Å².